The molecular weight excluding hydrogens is 358 g/mol. The summed E-state index contributed by atoms with van der Waals surface area (Å²) in [6.07, 6.45) is 0. The summed E-state index contributed by atoms with van der Waals surface area (Å²) in [5.41, 5.74) is 3.65. The van der Waals surface area contributed by atoms with E-state index >= 15 is 0 Å². The zero-order chi connectivity index (χ0) is 20.4. The van der Waals surface area contributed by atoms with E-state index in [4.69, 9.17) is 4.74 Å². The number of aryl methyl sites for hydroxylation is 2. The minimum Gasteiger partial charge on any atom is -0.504 e. The maximum absolute atomic E-state index is 13.1. The second kappa shape index (κ2) is 7.64. The van der Waals surface area contributed by atoms with Crippen LogP contribution in [0, 0.1) is 19.8 Å². The van der Waals surface area contributed by atoms with Gasteiger partial charge < -0.3 is 25.8 Å². The van der Waals surface area contributed by atoms with Crippen molar-refractivity contribution in [3.05, 3.63) is 65.4 Å². The molecule has 4 N–H and O–H groups in total. The minimum atomic E-state index is -0.757. The van der Waals surface area contributed by atoms with Crippen LogP contribution in [0.4, 0.5) is 10.5 Å². The standard InChI is InChI=1S/C21H23N3O4/c1-11-7-12(2)9-15(8-11)23-20(26)18-13(3)22-21(27)24-19(18)14-5-6-16(25)17(10-14)28-4/h5-10,18-19,25H,3H2,1-2,4H3,(H,23,26)(H2,22,24,27)/t18-,19+/m1/s1. The summed E-state index contributed by atoms with van der Waals surface area (Å²) in [4.78, 5) is 25.1. The molecular formula is C21H23N3O4. The van der Waals surface area contributed by atoms with E-state index in [2.05, 4.69) is 22.5 Å². The van der Waals surface area contributed by atoms with E-state index in [1.807, 2.05) is 32.0 Å². The topological polar surface area (TPSA) is 99.7 Å². The van der Waals surface area contributed by atoms with E-state index in [-0.39, 0.29) is 17.4 Å². The Labute approximate surface area is 163 Å². The number of anilines is 1. The average molecular weight is 381 g/mol. The summed E-state index contributed by atoms with van der Waals surface area (Å²) in [7, 11) is 1.43. The second-order valence-corrected chi connectivity index (χ2v) is 6.88. The van der Waals surface area contributed by atoms with Crippen molar-refractivity contribution in [2.24, 2.45) is 5.92 Å². The molecule has 2 aromatic rings. The molecule has 2 aromatic carbocycles. The number of amides is 3. The number of hydrogen-bond acceptors (Lipinski definition) is 4. The predicted octanol–water partition coefficient (Wildman–Crippen LogP) is 3.14. The van der Waals surface area contributed by atoms with Crippen molar-refractivity contribution in [1.82, 2.24) is 10.6 Å². The van der Waals surface area contributed by atoms with Gasteiger partial charge in [-0.15, -0.1) is 0 Å². The molecule has 7 heteroatoms. The Morgan fingerprint density at radius 2 is 1.86 bits per heavy atom. The van der Waals surface area contributed by atoms with Crippen LogP contribution in [0.15, 0.2) is 48.7 Å². The van der Waals surface area contributed by atoms with Gasteiger partial charge in [0.05, 0.1) is 13.2 Å². The first-order chi connectivity index (χ1) is 13.3. The highest BCUT2D eigenvalue weighted by Gasteiger charge is 2.38. The predicted molar refractivity (Wildman–Crippen MR) is 106 cm³/mol. The van der Waals surface area contributed by atoms with Crippen LogP contribution < -0.4 is 20.7 Å². The molecule has 0 radical (unpaired) electrons. The van der Waals surface area contributed by atoms with Crippen LogP contribution in [0.25, 0.3) is 0 Å². The lowest BCUT2D eigenvalue weighted by Crippen LogP contribution is -2.51. The second-order valence-electron chi connectivity index (χ2n) is 6.88. The quantitative estimate of drug-likeness (QED) is 0.654. The molecule has 0 spiro atoms. The van der Waals surface area contributed by atoms with Crippen molar-refractivity contribution in [2.45, 2.75) is 19.9 Å². The highest BCUT2D eigenvalue weighted by atomic mass is 16.5. The summed E-state index contributed by atoms with van der Waals surface area (Å²) in [6, 6.07) is 9.35. The van der Waals surface area contributed by atoms with Crippen molar-refractivity contribution in [3.8, 4) is 11.5 Å². The molecule has 0 unspecified atom stereocenters. The molecule has 28 heavy (non-hydrogen) atoms. The number of rotatable bonds is 4. The molecule has 1 saturated heterocycles. The van der Waals surface area contributed by atoms with Gasteiger partial charge in [-0.25, -0.2) is 4.79 Å². The van der Waals surface area contributed by atoms with Gasteiger partial charge in [-0.3, -0.25) is 4.79 Å². The molecule has 0 aromatic heterocycles. The van der Waals surface area contributed by atoms with Crippen LogP contribution in [-0.2, 0) is 4.79 Å². The normalized spacial score (nSPS) is 18.8. The summed E-state index contributed by atoms with van der Waals surface area (Å²) < 4.78 is 5.15. The molecule has 0 bridgehead atoms. The van der Waals surface area contributed by atoms with Crippen LogP contribution >= 0.6 is 0 Å². The number of aromatic hydroxyl groups is 1. The van der Waals surface area contributed by atoms with E-state index in [0.29, 0.717) is 16.9 Å². The van der Waals surface area contributed by atoms with Crippen molar-refractivity contribution in [1.29, 1.82) is 0 Å². The van der Waals surface area contributed by atoms with Crippen LogP contribution in [-0.4, -0.2) is 24.2 Å². The van der Waals surface area contributed by atoms with Crippen LogP contribution in [0.1, 0.15) is 22.7 Å². The lowest BCUT2D eigenvalue weighted by Gasteiger charge is -2.34. The van der Waals surface area contributed by atoms with E-state index in [9.17, 15) is 14.7 Å². The Morgan fingerprint density at radius 3 is 2.50 bits per heavy atom. The molecule has 3 amide bonds. The first-order valence-corrected chi connectivity index (χ1v) is 8.81. The van der Waals surface area contributed by atoms with Crippen molar-refractivity contribution in [3.63, 3.8) is 0 Å². The van der Waals surface area contributed by atoms with Gasteiger partial charge in [-0.2, -0.15) is 0 Å². The summed E-state index contributed by atoms with van der Waals surface area (Å²) in [6.45, 7) is 7.77. The molecule has 3 rings (SSSR count). The SMILES string of the molecule is C=C1NC(=O)N[C@@H](c2ccc(O)c(OC)c2)[C@@H]1C(=O)Nc1cc(C)cc(C)c1. The number of nitrogens with one attached hydrogen (secondary N) is 3. The number of urea groups is 1. The molecule has 1 heterocycles. The molecule has 146 valence electrons. The maximum atomic E-state index is 13.1. The molecule has 7 nitrogen and oxygen atoms in total. The molecule has 0 saturated carbocycles. The average Bonchev–Trinajstić information content (AvgIpc) is 2.60. The summed E-state index contributed by atoms with van der Waals surface area (Å²) >= 11 is 0. The maximum Gasteiger partial charge on any atom is 0.319 e. The number of phenols is 1. The van der Waals surface area contributed by atoms with Gasteiger partial charge in [0.25, 0.3) is 0 Å². The Morgan fingerprint density at radius 1 is 1.18 bits per heavy atom. The molecule has 1 aliphatic rings. The Kier molecular flexibility index (Phi) is 5.26. The smallest absolute Gasteiger partial charge is 0.319 e. The first kappa shape index (κ1) is 19.3. The fourth-order valence-electron chi connectivity index (χ4n) is 3.43. The van der Waals surface area contributed by atoms with Gasteiger partial charge in [0.2, 0.25) is 5.91 Å². The van der Waals surface area contributed by atoms with Gasteiger partial charge in [-0.05, 0) is 54.8 Å². The number of ether oxygens (including phenoxy) is 1. The monoisotopic (exact) mass is 381 g/mol. The van der Waals surface area contributed by atoms with Gasteiger partial charge in [-0.1, -0.05) is 18.7 Å². The van der Waals surface area contributed by atoms with E-state index in [1.165, 1.54) is 13.2 Å². The van der Waals surface area contributed by atoms with E-state index < -0.39 is 18.0 Å². The van der Waals surface area contributed by atoms with Crippen LogP contribution in [0.3, 0.4) is 0 Å². The fourth-order valence-corrected chi connectivity index (χ4v) is 3.43. The largest absolute Gasteiger partial charge is 0.504 e. The number of phenolic OH excluding ortho intramolecular Hbond substituents is 1. The number of carbonyl (C=O) groups is 2. The van der Waals surface area contributed by atoms with E-state index in [0.717, 1.165) is 11.1 Å². The number of benzene rings is 2. The first-order valence-electron chi connectivity index (χ1n) is 8.81. The molecule has 1 aliphatic heterocycles. The zero-order valence-corrected chi connectivity index (χ0v) is 16.0. The van der Waals surface area contributed by atoms with Gasteiger partial charge >= 0.3 is 6.03 Å². The third-order valence-corrected chi connectivity index (χ3v) is 4.60. The summed E-state index contributed by atoms with van der Waals surface area (Å²) in [5, 5.41) is 18.1. The minimum absolute atomic E-state index is 0.0263. The Balaban J connectivity index is 1.94. The molecule has 2 atom stereocenters. The van der Waals surface area contributed by atoms with E-state index in [1.54, 1.807) is 12.1 Å². The fraction of sp³-hybridized carbons (Fsp3) is 0.238. The zero-order valence-electron chi connectivity index (χ0n) is 16.0. The van der Waals surface area contributed by atoms with Gasteiger partial charge in [0, 0.05) is 11.4 Å². The van der Waals surface area contributed by atoms with Crippen LogP contribution in [0.5, 0.6) is 11.5 Å². The third kappa shape index (κ3) is 3.93. The third-order valence-electron chi connectivity index (χ3n) is 4.60. The van der Waals surface area contributed by atoms with Crippen LogP contribution in [0.2, 0.25) is 0 Å². The van der Waals surface area contributed by atoms with Crippen molar-refractivity contribution >= 4 is 17.6 Å². The number of hydrogen-bond donors (Lipinski definition) is 4. The van der Waals surface area contributed by atoms with Gasteiger partial charge in [0.15, 0.2) is 11.5 Å². The Hall–Kier alpha value is -3.48. The highest BCUT2D eigenvalue weighted by molar-refractivity contribution is 5.97. The Bertz CT molecular complexity index is 934. The lowest BCUT2D eigenvalue weighted by atomic mass is 9.88. The highest BCUT2D eigenvalue weighted by Crippen LogP contribution is 2.35. The van der Waals surface area contributed by atoms with Crippen molar-refractivity contribution < 1.29 is 19.4 Å². The molecule has 1 fully saturated rings. The summed E-state index contributed by atoms with van der Waals surface area (Å²) in [5.74, 6) is -0.835. The lowest BCUT2D eigenvalue weighted by molar-refractivity contribution is -0.119. The number of methoxy groups -OCH3 is 1. The molecule has 0 aliphatic carbocycles. The van der Waals surface area contributed by atoms with Crippen molar-refractivity contribution in [2.75, 3.05) is 12.4 Å². The number of carbonyl (C=O) groups excluding carboxylic acids is 2. The van der Waals surface area contributed by atoms with Gasteiger partial charge in [0.1, 0.15) is 5.92 Å².